The zero-order valence-corrected chi connectivity index (χ0v) is 20.1. The van der Waals surface area contributed by atoms with Gasteiger partial charge in [0.1, 0.15) is 18.2 Å². The van der Waals surface area contributed by atoms with Crippen LogP contribution in [-0.2, 0) is 19.6 Å². The molecule has 0 radical (unpaired) electrons. The van der Waals surface area contributed by atoms with E-state index in [1.54, 1.807) is 22.9 Å². The number of nitrogens with zero attached hydrogens (tertiary/aromatic N) is 3. The molecule has 0 bridgehead atoms. The molecule has 5 rings (SSSR count). The van der Waals surface area contributed by atoms with Gasteiger partial charge >= 0.3 is 0 Å². The van der Waals surface area contributed by atoms with Crippen molar-refractivity contribution in [3.63, 3.8) is 0 Å². The summed E-state index contributed by atoms with van der Waals surface area (Å²) in [5.41, 5.74) is 2.73. The molecule has 0 fully saturated rings. The van der Waals surface area contributed by atoms with E-state index in [0.29, 0.717) is 17.5 Å². The number of benzene rings is 1. The Kier molecular flexibility index (Phi) is 6.83. The Morgan fingerprint density at radius 3 is 2.76 bits per heavy atom. The van der Waals surface area contributed by atoms with E-state index in [0.717, 1.165) is 31.4 Å². The second kappa shape index (κ2) is 9.63. The lowest BCUT2D eigenvalue weighted by molar-refractivity contribution is 0.206. The Balaban J connectivity index is 0.00000259. The van der Waals surface area contributed by atoms with Gasteiger partial charge in [-0.3, -0.25) is 19.2 Å². The van der Waals surface area contributed by atoms with Crippen molar-refractivity contribution in [2.24, 2.45) is 0 Å². The lowest BCUT2D eigenvalue weighted by Gasteiger charge is -2.30. The van der Waals surface area contributed by atoms with Crippen LogP contribution in [0.2, 0.25) is 0 Å². The molecule has 0 saturated carbocycles. The molecule has 4 aromatic rings. The molecule has 5 nitrogen and oxygen atoms in total. The lowest BCUT2D eigenvalue weighted by atomic mass is 10.0. The summed E-state index contributed by atoms with van der Waals surface area (Å²) in [6.45, 7) is 6.74. The Morgan fingerprint density at radius 1 is 1.18 bits per heavy atom. The molecular weight excluding hydrogens is 461 g/mol. The van der Waals surface area contributed by atoms with Crippen molar-refractivity contribution >= 4 is 33.8 Å². The minimum absolute atomic E-state index is 0. The topological polar surface area (TPSA) is 47.4 Å². The third-order valence-electron chi connectivity index (χ3n) is 5.93. The van der Waals surface area contributed by atoms with Gasteiger partial charge in [0.2, 0.25) is 0 Å². The molecule has 0 saturated heterocycles. The van der Waals surface area contributed by atoms with Crippen molar-refractivity contribution in [3.05, 3.63) is 87.2 Å². The van der Waals surface area contributed by atoms with E-state index in [-0.39, 0.29) is 24.6 Å². The van der Waals surface area contributed by atoms with Crippen LogP contribution >= 0.6 is 23.7 Å². The molecular formula is C25H25ClFN3O2S. The van der Waals surface area contributed by atoms with E-state index in [2.05, 4.69) is 35.9 Å². The second-order valence-corrected chi connectivity index (χ2v) is 9.46. The first-order valence-electron chi connectivity index (χ1n) is 10.7. The predicted octanol–water partition coefficient (Wildman–Crippen LogP) is 5.35. The highest BCUT2D eigenvalue weighted by Crippen LogP contribution is 2.36. The van der Waals surface area contributed by atoms with Crippen LogP contribution < -0.4 is 10.3 Å². The molecule has 33 heavy (non-hydrogen) atoms. The zero-order valence-electron chi connectivity index (χ0n) is 18.5. The quantitative estimate of drug-likeness (QED) is 0.382. The lowest BCUT2D eigenvalue weighted by Crippen LogP contribution is -2.35. The molecule has 4 heterocycles. The molecule has 1 aliphatic heterocycles. The zero-order chi connectivity index (χ0) is 22.2. The van der Waals surface area contributed by atoms with E-state index in [1.807, 2.05) is 17.4 Å². The fraction of sp³-hybridized carbons (Fsp3) is 0.280. The number of pyridine rings is 2. The van der Waals surface area contributed by atoms with Gasteiger partial charge < -0.3 is 4.74 Å². The van der Waals surface area contributed by atoms with Gasteiger partial charge in [-0.25, -0.2) is 4.39 Å². The molecule has 0 unspecified atom stereocenters. The maximum Gasteiger partial charge on any atom is 0.258 e. The Bertz CT molecular complexity index is 1330. The van der Waals surface area contributed by atoms with E-state index < -0.39 is 5.82 Å². The Hall–Kier alpha value is -2.74. The minimum Gasteiger partial charge on any atom is -0.487 e. The van der Waals surface area contributed by atoms with E-state index in [1.165, 1.54) is 32.7 Å². The van der Waals surface area contributed by atoms with Crippen molar-refractivity contribution in [2.45, 2.75) is 39.5 Å². The number of fused-ring (bicyclic) bond motifs is 3. The molecule has 3 aromatic heterocycles. The SMILES string of the molecule is CC(C)N1CCc2c(sc3cc(-n4ccc(OCc5ccc(F)cn5)cc4=O)ccc23)C1.Cl. The molecule has 0 N–H and O–H groups in total. The highest BCUT2D eigenvalue weighted by atomic mass is 35.5. The number of rotatable bonds is 5. The predicted molar refractivity (Wildman–Crippen MR) is 132 cm³/mol. The van der Waals surface area contributed by atoms with Crippen LogP contribution in [0.4, 0.5) is 4.39 Å². The second-order valence-electron chi connectivity index (χ2n) is 8.33. The highest BCUT2D eigenvalue weighted by molar-refractivity contribution is 7.19. The van der Waals surface area contributed by atoms with Crippen LogP contribution in [0.5, 0.6) is 5.75 Å². The first-order chi connectivity index (χ1) is 15.5. The molecule has 0 amide bonds. The number of ether oxygens (including phenoxy) is 1. The summed E-state index contributed by atoms with van der Waals surface area (Å²) in [6.07, 6.45) is 3.95. The number of thiophene rings is 1. The summed E-state index contributed by atoms with van der Waals surface area (Å²) in [4.78, 5) is 20.7. The van der Waals surface area contributed by atoms with Gasteiger partial charge in [0, 0.05) is 41.0 Å². The first kappa shape index (κ1) is 23.4. The highest BCUT2D eigenvalue weighted by Gasteiger charge is 2.22. The Morgan fingerprint density at radius 2 is 2.03 bits per heavy atom. The molecule has 8 heteroatoms. The van der Waals surface area contributed by atoms with Crippen LogP contribution in [0, 0.1) is 5.82 Å². The van der Waals surface area contributed by atoms with Crippen LogP contribution in [0.3, 0.4) is 0 Å². The van der Waals surface area contributed by atoms with Crippen molar-refractivity contribution in [1.82, 2.24) is 14.5 Å². The smallest absolute Gasteiger partial charge is 0.258 e. The first-order valence-corrected chi connectivity index (χ1v) is 11.5. The monoisotopic (exact) mass is 485 g/mol. The largest absolute Gasteiger partial charge is 0.487 e. The van der Waals surface area contributed by atoms with Gasteiger partial charge in [-0.1, -0.05) is 6.07 Å². The normalized spacial score (nSPS) is 13.7. The maximum atomic E-state index is 13.0. The molecule has 0 atom stereocenters. The van der Waals surface area contributed by atoms with Gasteiger partial charge in [0.05, 0.1) is 17.6 Å². The minimum atomic E-state index is -0.392. The third-order valence-corrected chi connectivity index (χ3v) is 7.11. The van der Waals surface area contributed by atoms with Crippen LogP contribution in [0.15, 0.2) is 59.7 Å². The Labute approximate surface area is 201 Å². The average molecular weight is 486 g/mol. The summed E-state index contributed by atoms with van der Waals surface area (Å²) >= 11 is 1.83. The molecule has 1 aliphatic rings. The van der Waals surface area contributed by atoms with E-state index >= 15 is 0 Å². The van der Waals surface area contributed by atoms with Gasteiger partial charge in [-0.15, -0.1) is 23.7 Å². The van der Waals surface area contributed by atoms with Crippen molar-refractivity contribution in [2.75, 3.05) is 6.54 Å². The molecule has 172 valence electrons. The van der Waals surface area contributed by atoms with Crippen LogP contribution in [0.25, 0.3) is 15.8 Å². The summed E-state index contributed by atoms with van der Waals surface area (Å²) < 4.78 is 21.5. The molecule has 1 aromatic carbocycles. The summed E-state index contributed by atoms with van der Waals surface area (Å²) in [6, 6.07) is 12.9. The summed E-state index contributed by atoms with van der Waals surface area (Å²) in [5.74, 6) is 0.0657. The standard InChI is InChI=1S/C25H24FN3O2S.ClH/c1-16(2)28-9-8-22-21-6-5-19(11-23(21)32-24(22)14-28)29-10-7-20(12-25(29)30)31-15-18-4-3-17(26)13-27-18;/h3-7,10-13,16H,8-9,14-15H2,1-2H3;1H. The summed E-state index contributed by atoms with van der Waals surface area (Å²) in [7, 11) is 0. The van der Waals surface area contributed by atoms with Crippen LogP contribution in [-0.4, -0.2) is 27.0 Å². The molecule has 0 aliphatic carbocycles. The van der Waals surface area contributed by atoms with Crippen molar-refractivity contribution < 1.29 is 9.13 Å². The van der Waals surface area contributed by atoms with Gasteiger partial charge in [-0.05, 0) is 61.5 Å². The van der Waals surface area contributed by atoms with Gasteiger partial charge in [-0.2, -0.15) is 0 Å². The van der Waals surface area contributed by atoms with E-state index in [9.17, 15) is 9.18 Å². The fourth-order valence-electron chi connectivity index (χ4n) is 4.11. The fourth-order valence-corrected chi connectivity index (χ4v) is 5.43. The van der Waals surface area contributed by atoms with Gasteiger partial charge in [0.25, 0.3) is 5.56 Å². The number of aromatic nitrogens is 2. The molecule has 0 spiro atoms. The number of hydrogen-bond donors (Lipinski definition) is 0. The van der Waals surface area contributed by atoms with Gasteiger partial charge in [0.15, 0.2) is 0 Å². The number of halogens is 2. The van der Waals surface area contributed by atoms with E-state index in [4.69, 9.17) is 4.74 Å². The van der Waals surface area contributed by atoms with Crippen LogP contribution in [0.1, 0.15) is 30.0 Å². The summed E-state index contributed by atoms with van der Waals surface area (Å²) in [5, 5.41) is 1.30. The average Bonchev–Trinajstić information content (AvgIpc) is 3.15. The van der Waals surface area contributed by atoms with Crippen molar-refractivity contribution in [3.8, 4) is 11.4 Å². The maximum absolute atomic E-state index is 13.0. The number of hydrogen-bond acceptors (Lipinski definition) is 5. The van der Waals surface area contributed by atoms with Crippen molar-refractivity contribution in [1.29, 1.82) is 0 Å². The third kappa shape index (κ3) is 4.81.